The predicted molar refractivity (Wildman–Crippen MR) is 113 cm³/mol. The molecule has 178 valence electrons. The Morgan fingerprint density at radius 1 is 1.12 bits per heavy atom. The SMILES string of the molecule is CCn1cc(Cn2cc(C)n(-c3cc(C4CCC(F)(F)CC4)cc(C(F)(F)F)c3)c2=O)cn1. The smallest absolute Gasteiger partial charge is 0.294 e. The molecular weight excluding hydrogens is 443 g/mol. The lowest BCUT2D eigenvalue weighted by molar-refractivity contribution is -0.137. The Morgan fingerprint density at radius 2 is 1.82 bits per heavy atom. The maximum atomic E-state index is 13.7. The maximum absolute atomic E-state index is 13.7. The fourth-order valence-corrected chi connectivity index (χ4v) is 4.44. The molecule has 0 spiro atoms. The summed E-state index contributed by atoms with van der Waals surface area (Å²) in [5, 5.41) is 4.18. The van der Waals surface area contributed by atoms with Crippen molar-refractivity contribution in [1.29, 1.82) is 0 Å². The number of halogens is 5. The number of alkyl halides is 5. The van der Waals surface area contributed by atoms with Gasteiger partial charge in [-0.2, -0.15) is 18.3 Å². The number of rotatable bonds is 5. The second-order valence-electron chi connectivity index (χ2n) is 8.66. The number of hydrogen-bond donors (Lipinski definition) is 0. The first-order valence-corrected chi connectivity index (χ1v) is 10.9. The first kappa shape index (κ1) is 23.3. The summed E-state index contributed by atoms with van der Waals surface area (Å²) in [7, 11) is 0. The highest BCUT2D eigenvalue weighted by atomic mass is 19.4. The average molecular weight is 468 g/mol. The van der Waals surface area contributed by atoms with Crippen LogP contribution in [0.4, 0.5) is 22.0 Å². The normalized spacial score (nSPS) is 16.9. The minimum absolute atomic E-state index is 0.0858. The number of benzene rings is 1. The summed E-state index contributed by atoms with van der Waals surface area (Å²) in [5.74, 6) is -3.19. The van der Waals surface area contributed by atoms with E-state index in [-0.39, 0.29) is 37.9 Å². The van der Waals surface area contributed by atoms with Gasteiger partial charge in [0, 0.05) is 43.0 Å². The minimum Gasteiger partial charge on any atom is -0.294 e. The Hall–Kier alpha value is -2.91. The Bertz CT molecular complexity index is 1190. The van der Waals surface area contributed by atoms with Gasteiger partial charge in [-0.3, -0.25) is 13.8 Å². The van der Waals surface area contributed by atoms with Crippen LogP contribution in [0, 0.1) is 6.92 Å². The van der Waals surface area contributed by atoms with Crippen LogP contribution in [0.25, 0.3) is 5.69 Å². The molecule has 1 fully saturated rings. The summed E-state index contributed by atoms with van der Waals surface area (Å²) in [6.45, 7) is 4.49. The van der Waals surface area contributed by atoms with Gasteiger partial charge < -0.3 is 0 Å². The van der Waals surface area contributed by atoms with E-state index in [1.54, 1.807) is 30.2 Å². The molecule has 4 rings (SSSR count). The van der Waals surface area contributed by atoms with E-state index in [2.05, 4.69) is 5.10 Å². The van der Waals surface area contributed by atoms with E-state index in [0.717, 1.165) is 17.7 Å². The van der Waals surface area contributed by atoms with Gasteiger partial charge in [-0.25, -0.2) is 13.6 Å². The van der Waals surface area contributed by atoms with E-state index < -0.39 is 29.3 Å². The molecule has 1 aromatic carbocycles. The molecule has 0 saturated heterocycles. The quantitative estimate of drug-likeness (QED) is 0.463. The van der Waals surface area contributed by atoms with Gasteiger partial charge in [0.05, 0.1) is 24.0 Å². The average Bonchev–Trinajstić information content (AvgIpc) is 3.31. The number of aromatic nitrogens is 4. The molecule has 2 aromatic heterocycles. The molecule has 0 amide bonds. The van der Waals surface area contributed by atoms with E-state index in [1.165, 1.54) is 15.2 Å². The van der Waals surface area contributed by atoms with Crippen LogP contribution in [-0.4, -0.2) is 24.8 Å². The molecule has 0 bridgehead atoms. The lowest BCUT2D eigenvalue weighted by atomic mass is 9.81. The van der Waals surface area contributed by atoms with Crippen molar-refractivity contribution in [2.24, 2.45) is 0 Å². The zero-order chi connectivity index (χ0) is 24.0. The second-order valence-corrected chi connectivity index (χ2v) is 8.66. The van der Waals surface area contributed by atoms with Crippen LogP contribution in [-0.2, 0) is 19.3 Å². The summed E-state index contributed by atoms with van der Waals surface area (Å²) < 4.78 is 72.5. The van der Waals surface area contributed by atoms with Crippen molar-refractivity contribution < 1.29 is 22.0 Å². The van der Waals surface area contributed by atoms with E-state index >= 15 is 0 Å². The van der Waals surface area contributed by atoms with Crippen molar-refractivity contribution in [3.63, 3.8) is 0 Å². The van der Waals surface area contributed by atoms with Gasteiger partial charge in [0.2, 0.25) is 5.92 Å². The lowest BCUT2D eigenvalue weighted by Gasteiger charge is -2.29. The van der Waals surface area contributed by atoms with E-state index in [4.69, 9.17) is 0 Å². The van der Waals surface area contributed by atoms with Crippen LogP contribution in [0.3, 0.4) is 0 Å². The lowest BCUT2D eigenvalue weighted by Crippen LogP contribution is -2.25. The third-order valence-corrected chi connectivity index (χ3v) is 6.21. The van der Waals surface area contributed by atoms with Crippen LogP contribution >= 0.6 is 0 Å². The van der Waals surface area contributed by atoms with Crippen molar-refractivity contribution in [2.75, 3.05) is 0 Å². The van der Waals surface area contributed by atoms with E-state index in [0.29, 0.717) is 17.8 Å². The summed E-state index contributed by atoms with van der Waals surface area (Å²) >= 11 is 0. The molecule has 0 unspecified atom stereocenters. The third kappa shape index (κ3) is 4.89. The van der Waals surface area contributed by atoms with Gasteiger partial charge in [-0.05, 0) is 56.4 Å². The highest BCUT2D eigenvalue weighted by molar-refractivity contribution is 5.44. The summed E-state index contributed by atoms with van der Waals surface area (Å²) in [6, 6.07) is 3.49. The first-order valence-electron chi connectivity index (χ1n) is 10.9. The van der Waals surface area contributed by atoms with Crippen LogP contribution in [0.1, 0.15) is 60.9 Å². The molecule has 1 aliphatic rings. The molecule has 10 heteroatoms. The van der Waals surface area contributed by atoms with Crippen molar-refractivity contribution in [3.05, 3.63) is 69.7 Å². The molecule has 0 aliphatic heterocycles. The van der Waals surface area contributed by atoms with Gasteiger partial charge in [0.15, 0.2) is 0 Å². The Kier molecular flexibility index (Phi) is 5.96. The molecular formula is C23H25F5N4O. The zero-order valence-corrected chi connectivity index (χ0v) is 18.4. The number of hydrogen-bond acceptors (Lipinski definition) is 2. The number of nitrogens with zero attached hydrogens (tertiary/aromatic N) is 4. The first-order chi connectivity index (χ1) is 15.5. The Morgan fingerprint density at radius 3 is 2.42 bits per heavy atom. The Labute approximate surface area is 187 Å². The Balaban J connectivity index is 1.73. The fourth-order valence-electron chi connectivity index (χ4n) is 4.44. The summed E-state index contributed by atoms with van der Waals surface area (Å²) in [5.41, 5.74) is 0.321. The molecule has 0 radical (unpaired) electrons. The van der Waals surface area contributed by atoms with E-state index in [1.807, 2.05) is 6.92 Å². The van der Waals surface area contributed by atoms with Gasteiger partial charge in [0.1, 0.15) is 0 Å². The monoisotopic (exact) mass is 468 g/mol. The van der Waals surface area contributed by atoms with Crippen molar-refractivity contribution in [3.8, 4) is 5.69 Å². The highest BCUT2D eigenvalue weighted by Crippen LogP contribution is 2.42. The van der Waals surface area contributed by atoms with Crippen molar-refractivity contribution in [1.82, 2.24) is 18.9 Å². The van der Waals surface area contributed by atoms with Gasteiger partial charge in [-0.15, -0.1) is 0 Å². The zero-order valence-electron chi connectivity index (χ0n) is 18.4. The van der Waals surface area contributed by atoms with Crippen LogP contribution in [0.15, 0.2) is 41.6 Å². The molecule has 0 N–H and O–H groups in total. The maximum Gasteiger partial charge on any atom is 0.416 e. The van der Waals surface area contributed by atoms with Crippen LogP contribution in [0.5, 0.6) is 0 Å². The third-order valence-electron chi connectivity index (χ3n) is 6.21. The van der Waals surface area contributed by atoms with Gasteiger partial charge in [0.25, 0.3) is 0 Å². The fraction of sp³-hybridized carbons (Fsp3) is 0.478. The standard InChI is InChI=1S/C23H25F5N4O/c1-3-31-14-16(11-29-31)13-30-12-15(2)32(21(30)33)20-9-18(8-19(10-20)23(26,27)28)17-4-6-22(24,25)7-5-17/h8-12,14,17H,3-7,13H2,1-2H3. The molecule has 2 heterocycles. The molecule has 33 heavy (non-hydrogen) atoms. The summed E-state index contributed by atoms with van der Waals surface area (Å²) in [4.78, 5) is 13.1. The molecule has 0 atom stereocenters. The molecule has 1 aliphatic carbocycles. The largest absolute Gasteiger partial charge is 0.416 e. The van der Waals surface area contributed by atoms with Crippen LogP contribution in [0.2, 0.25) is 0 Å². The molecule has 3 aromatic rings. The second kappa shape index (κ2) is 8.46. The highest BCUT2D eigenvalue weighted by Gasteiger charge is 2.37. The predicted octanol–water partition coefficient (Wildman–Crippen LogP) is 5.52. The van der Waals surface area contributed by atoms with E-state index in [9.17, 15) is 26.7 Å². The van der Waals surface area contributed by atoms with Gasteiger partial charge >= 0.3 is 11.9 Å². The van der Waals surface area contributed by atoms with Crippen LogP contribution < -0.4 is 5.69 Å². The molecule has 1 saturated carbocycles. The topological polar surface area (TPSA) is 44.8 Å². The minimum atomic E-state index is -4.63. The van der Waals surface area contributed by atoms with Crippen molar-refractivity contribution >= 4 is 0 Å². The van der Waals surface area contributed by atoms with Gasteiger partial charge in [-0.1, -0.05) is 0 Å². The number of aryl methyl sites for hydroxylation is 2. The van der Waals surface area contributed by atoms with Crippen molar-refractivity contribution in [2.45, 2.75) is 70.6 Å². The number of imidazole rings is 1. The molecule has 5 nitrogen and oxygen atoms in total. The summed E-state index contributed by atoms with van der Waals surface area (Å²) in [6.07, 6.45) is -0.0999.